The summed E-state index contributed by atoms with van der Waals surface area (Å²) in [6, 6.07) is 6.02. The fraction of sp³-hybridized carbons (Fsp3) is 0.250. The summed E-state index contributed by atoms with van der Waals surface area (Å²) in [7, 11) is 0. The number of hydrogen-bond acceptors (Lipinski definition) is 0. The molecule has 0 N–H and O–H groups in total. The zero-order valence-corrected chi connectivity index (χ0v) is 10.0. The predicted molar refractivity (Wildman–Crippen MR) is 59.3 cm³/mol. The molecule has 1 rings (SSSR count). The van der Waals surface area contributed by atoms with E-state index in [-0.39, 0.29) is 6.42 Å². The lowest BCUT2D eigenvalue weighted by atomic mass is 10.2. The van der Waals surface area contributed by atoms with Crippen molar-refractivity contribution in [3.63, 3.8) is 0 Å². The van der Waals surface area contributed by atoms with Crippen LogP contribution in [-0.4, -0.2) is 3.79 Å². The third kappa shape index (κ3) is 4.14. The summed E-state index contributed by atoms with van der Waals surface area (Å²) >= 11 is 28.3. The molecular weight excluding hydrogens is 273 g/mol. The molecule has 0 bridgehead atoms. The zero-order valence-electron chi connectivity index (χ0n) is 6.25. The van der Waals surface area contributed by atoms with Gasteiger partial charge in [0.15, 0.2) is 3.79 Å². The third-order valence-electron chi connectivity index (χ3n) is 1.31. The Kier molecular flexibility index (Phi) is 4.03. The summed E-state index contributed by atoms with van der Waals surface area (Å²) in [6.07, 6.45) is 0.216. The molecule has 0 aliphatic heterocycles. The van der Waals surface area contributed by atoms with Crippen molar-refractivity contribution in [1.29, 1.82) is 0 Å². The van der Waals surface area contributed by atoms with Gasteiger partial charge in [0, 0.05) is 16.5 Å². The lowest BCUT2D eigenvalue weighted by Gasteiger charge is -2.11. The van der Waals surface area contributed by atoms with Gasteiger partial charge < -0.3 is 0 Å². The van der Waals surface area contributed by atoms with Gasteiger partial charge in [-0.25, -0.2) is 0 Å². The quantitative estimate of drug-likeness (QED) is 0.652. The van der Waals surface area contributed by atoms with Gasteiger partial charge in [-0.2, -0.15) is 0 Å². The van der Waals surface area contributed by atoms with Crippen molar-refractivity contribution in [2.45, 2.75) is 10.2 Å². The first-order chi connectivity index (χ1) is 5.88. The summed E-state index contributed by atoms with van der Waals surface area (Å²) in [6.45, 7) is 0. The van der Waals surface area contributed by atoms with Crippen LogP contribution in [0.25, 0.3) is 0 Å². The third-order valence-corrected chi connectivity index (χ3v) is 2.27. The van der Waals surface area contributed by atoms with Crippen LogP contribution in [0.2, 0.25) is 10.0 Å². The number of alkyl halides is 3. The second kappa shape index (κ2) is 4.46. The summed E-state index contributed by atoms with van der Waals surface area (Å²) in [5.41, 5.74) is 0.645. The van der Waals surface area contributed by atoms with Gasteiger partial charge in [0.2, 0.25) is 0 Å². The Balaban J connectivity index is 2.90. The first-order valence-corrected chi connectivity index (χ1v) is 5.20. The second-order valence-corrected chi connectivity index (χ2v) is 5.80. The first-order valence-electron chi connectivity index (χ1n) is 3.31. The minimum absolute atomic E-state index is 0.216. The van der Waals surface area contributed by atoms with E-state index in [1.807, 2.05) is 0 Å². The smallest absolute Gasteiger partial charge is 0.0843 e. The van der Waals surface area contributed by atoms with Gasteiger partial charge in [-0.1, -0.05) is 58.0 Å². The zero-order chi connectivity index (χ0) is 10.1. The molecule has 0 saturated heterocycles. The van der Waals surface area contributed by atoms with Crippen molar-refractivity contribution in [3.8, 4) is 0 Å². The lowest BCUT2D eigenvalue weighted by Crippen LogP contribution is -2.07. The summed E-state index contributed by atoms with van der Waals surface area (Å²) in [5.74, 6) is 0. The molecule has 0 aliphatic rings. The van der Waals surface area contributed by atoms with Crippen molar-refractivity contribution in [3.05, 3.63) is 33.8 Å². The molecule has 0 unspecified atom stereocenters. The van der Waals surface area contributed by atoms with Gasteiger partial charge in [-0.3, -0.25) is 0 Å². The van der Waals surface area contributed by atoms with Crippen LogP contribution >= 0.6 is 58.0 Å². The van der Waals surface area contributed by atoms with Crippen molar-refractivity contribution < 1.29 is 0 Å². The van der Waals surface area contributed by atoms with Crippen LogP contribution in [0, 0.1) is 6.07 Å². The maximum Gasteiger partial charge on any atom is 0.194 e. The average molecular weight is 277 g/mol. The highest BCUT2D eigenvalue weighted by Crippen LogP contribution is 2.33. The van der Waals surface area contributed by atoms with E-state index in [0.717, 1.165) is 0 Å². The molecule has 71 valence electrons. The van der Waals surface area contributed by atoms with E-state index in [0.29, 0.717) is 15.6 Å². The minimum atomic E-state index is -1.35. The Morgan fingerprint density at radius 3 is 2.31 bits per heavy atom. The molecule has 0 aliphatic carbocycles. The monoisotopic (exact) mass is 275 g/mol. The molecule has 1 aromatic carbocycles. The fourth-order valence-electron chi connectivity index (χ4n) is 0.811. The van der Waals surface area contributed by atoms with Gasteiger partial charge in [0.1, 0.15) is 0 Å². The molecule has 0 amide bonds. The Morgan fingerprint density at radius 2 is 1.85 bits per heavy atom. The number of halogens is 5. The van der Waals surface area contributed by atoms with E-state index in [4.69, 9.17) is 58.0 Å². The highest BCUT2D eigenvalue weighted by atomic mass is 35.6. The van der Waals surface area contributed by atoms with Crippen LogP contribution in [0.15, 0.2) is 12.1 Å². The van der Waals surface area contributed by atoms with Gasteiger partial charge in [0.25, 0.3) is 0 Å². The van der Waals surface area contributed by atoms with Gasteiger partial charge in [-0.05, 0) is 23.8 Å². The molecule has 13 heavy (non-hydrogen) atoms. The van der Waals surface area contributed by atoms with Crippen molar-refractivity contribution >= 4 is 58.0 Å². The molecule has 1 aromatic rings. The average Bonchev–Trinajstić information content (AvgIpc) is 1.93. The van der Waals surface area contributed by atoms with Crippen LogP contribution in [0.1, 0.15) is 5.56 Å². The van der Waals surface area contributed by atoms with Crippen LogP contribution < -0.4 is 0 Å². The van der Waals surface area contributed by atoms with Gasteiger partial charge in [0.05, 0.1) is 0 Å². The Labute approximate surface area is 102 Å². The highest BCUT2D eigenvalue weighted by molar-refractivity contribution is 6.67. The Hall–Kier alpha value is 0.670. The number of hydrogen-bond donors (Lipinski definition) is 0. The SMILES string of the molecule is Clc1c[c]c(CC(Cl)(Cl)Cl)c(Cl)c1. The van der Waals surface area contributed by atoms with E-state index in [2.05, 4.69) is 6.07 Å². The standard InChI is InChI=1S/C8H4Cl5/c9-6-2-1-5(7(10)3-6)4-8(11,12)13/h2-3H,4H2. The maximum absolute atomic E-state index is 5.84. The minimum Gasteiger partial charge on any atom is -0.0843 e. The van der Waals surface area contributed by atoms with E-state index in [1.165, 1.54) is 0 Å². The molecular formula is C8H4Cl5. The normalized spacial score (nSPS) is 11.8. The largest absolute Gasteiger partial charge is 0.194 e. The van der Waals surface area contributed by atoms with Gasteiger partial charge >= 0.3 is 0 Å². The van der Waals surface area contributed by atoms with Crippen molar-refractivity contribution in [2.75, 3.05) is 0 Å². The molecule has 0 spiro atoms. The lowest BCUT2D eigenvalue weighted by molar-refractivity contribution is 1.02. The summed E-state index contributed by atoms with van der Waals surface area (Å²) in [4.78, 5) is 0. The van der Waals surface area contributed by atoms with Crippen LogP contribution in [0.3, 0.4) is 0 Å². The van der Waals surface area contributed by atoms with E-state index < -0.39 is 3.79 Å². The highest BCUT2D eigenvalue weighted by Gasteiger charge is 2.21. The van der Waals surface area contributed by atoms with Crippen LogP contribution in [0.4, 0.5) is 0 Å². The van der Waals surface area contributed by atoms with Crippen LogP contribution in [-0.2, 0) is 6.42 Å². The van der Waals surface area contributed by atoms with Crippen molar-refractivity contribution in [1.82, 2.24) is 0 Å². The first kappa shape index (κ1) is 11.7. The van der Waals surface area contributed by atoms with Gasteiger partial charge in [-0.15, -0.1) is 0 Å². The molecule has 0 atom stereocenters. The molecule has 0 fully saturated rings. The van der Waals surface area contributed by atoms with E-state index >= 15 is 0 Å². The van der Waals surface area contributed by atoms with Crippen molar-refractivity contribution in [2.24, 2.45) is 0 Å². The number of benzene rings is 1. The summed E-state index contributed by atoms with van der Waals surface area (Å²) < 4.78 is -1.35. The molecule has 0 heterocycles. The van der Waals surface area contributed by atoms with E-state index in [1.54, 1.807) is 12.1 Å². The molecule has 0 nitrogen and oxygen atoms in total. The predicted octanol–water partition coefficient (Wildman–Crippen LogP) is 4.71. The maximum atomic E-state index is 5.84. The topological polar surface area (TPSA) is 0 Å². The Morgan fingerprint density at radius 1 is 1.23 bits per heavy atom. The van der Waals surface area contributed by atoms with Crippen LogP contribution in [0.5, 0.6) is 0 Å². The summed E-state index contributed by atoms with van der Waals surface area (Å²) in [5, 5.41) is 0.969. The molecule has 5 heteroatoms. The molecule has 0 aromatic heterocycles. The number of rotatable bonds is 1. The molecule has 0 saturated carbocycles. The second-order valence-electron chi connectivity index (χ2n) is 2.44. The fourth-order valence-corrected chi connectivity index (χ4v) is 1.67. The molecule has 1 radical (unpaired) electrons. The Bertz CT molecular complexity index is 302. The van der Waals surface area contributed by atoms with E-state index in [9.17, 15) is 0 Å².